The summed E-state index contributed by atoms with van der Waals surface area (Å²) in [5, 5.41) is 9.10. The van der Waals surface area contributed by atoms with Gasteiger partial charge in [0.25, 0.3) is 0 Å². The number of carbonyl (C=O) groups excluding carboxylic acids is 1. The standard InChI is InChI=1S/C7H15NO3/c1-8(2)7(10)4-6(9)5-11-3/h6,9H,4-5H2,1-3H3. The third kappa shape index (κ3) is 4.75. The van der Waals surface area contributed by atoms with Gasteiger partial charge >= 0.3 is 0 Å². The van der Waals surface area contributed by atoms with Crippen molar-refractivity contribution in [3.05, 3.63) is 0 Å². The van der Waals surface area contributed by atoms with Crippen molar-refractivity contribution in [1.82, 2.24) is 4.90 Å². The van der Waals surface area contributed by atoms with Crippen LogP contribution in [0.4, 0.5) is 0 Å². The van der Waals surface area contributed by atoms with Crippen LogP contribution in [0.1, 0.15) is 6.42 Å². The molecule has 0 rings (SSSR count). The fourth-order valence-electron chi connectivity index (χ4n) is 0.635. The van der Waals surface area contributed by atoms with Crippen LogP contribution >= 0.6 is 0 Å². The Labute approximate surface area is 66.8 Å². The summed E-state index contributed by atoms with van der Waals surface area (Å²) in [5.74, 6) is -0.0884. The van der Waals surface area contributed by atoms with E-state index in [1.54, 1.807) is 14.1 Å². The number of rotatable bonds is 4. The quantitative estimate of drug-likeness (QED) is 0.603. The minimum atomic E-state index is -0.685. The Balaban J connectivity index is 3.57. The molecule has 4 heteroatoms. The molecule has 0 bridgehead atoms. The molecule has 0 aromatic heterocycles. The van der Waals surface area contributed by atoms with E-state index in [0.29, 0.717) is 0 Å². The van der Waals surface area contributed by atoms with Crippen LogP contribution in [0, 0.1) is 0 Å². The van der Waals surface area contributed by atoms with E-state index in [1.165, 1.54) is 12.0 Å². The van der Waals surface area contributed by atoms with Gasteiger partial charge in [-0.25, -0.2) is 0 Å². The van der Waals surface area contributed by atoms with E-state index < -0.39 is 6.10 Å². The first-order chi connectivity index (χ1) is 5.07. The van der Waals surface area contributed by atoms with Gasteiger partial charge in [0.15, 0.2) is 0 Å². The van der Waals surface area contributed by atoms with E-state index in [1.807, 2.05) is 0 Å². The Hall–Kier alpha value is -0.610. The van der Waals surface area contributed by atoms with Gasteiger partial charge in [0.05, 0.1) is 19.1 Å². The Kier molecular flexibility index (Phi) is 4.81. The van der Waals surface area contributed by atoms with E-state index >= 15 is 0 Å². The molecule has 0 aliphatic heterocycles. The molecule has 1 N–H and O–H groups in total. The van der Waals surface area contributed by atoms with Crippen LogP contribution in [0.25, 0.3) is 0 Å². The molecule has 11 heavy (non-hydrogen) atoms. The molecule has 4 nitrogen and oxygen atoms in total. The smallest absolute Gasteiger partial charge is 0.224 e. The van der Waals surface area contributed by atoms with E-state index in [9.17, 15) is 4.79 Å². The number of ether oxygens (including phenoxy) is 1. The van der Waals surface area contributed by atoms with Crippen LogP contribution in [0.3, 0.4) is 0 Å². The van der Waals surface area contributed by atoms with Gasteiger partial charge in [-0.1, -0.05) is 0 Å². The van der Waals surface area contributed by atoms with E-state index in [-0.39, 0.29) is 18.9 Å². The lowest BCUT2D eigenvalue weighted by atomic mass is 10.2. The average molecular weight is 161 g/mol. The number of hydrogen-bond acceptors (Lipinski definition) is 3. The van der Waals surface area contributed by atoms with Crippen molar-refractivity contribution in [3.63, 3.8) is 0 Å². The summed E-state index contributed by atoms with van der Waals surface area (Å²) in [6.45, 7) is 0.208. The Morgan fingerprint density at radius 3 is 2.55 bits per heavy atom. The molecule has 0 spiro atoms. The van der Waals surface area contributed by atoms with Gasteiger partial charge in [-0.3, -0.25) is 4.79 Å². The van der Waals surface area contributed by atoms with E-state index in [2.05, 4.69) is 4.74 Å². The Morgan fingerprint density at radius 2 is 2.18 bits per heavy atom. The van der Waals surface area contributed by atoms with Crippen molar-refractivity contribution >= 4 is 5.91 Å². The van der Waals surface area contributed by atoms with Gasteiger partial charge in [-0.05, 0) is 0 Å². The number of aliphatic hydroxyl groups is 1. The maximum atomic E-state index is 10.9. The van der Waals surface area contributed by atoms with Gasteiger partial charge < -0.3 is 14.7 Å². The first-order valence-electron chi connectivity index (χ1n) is 3.45. The molecule has 0 aromatic carbocycles. The van der Waals surface area contributed by atoms with Crippen LogP contribution in [-0.4, -0.2) is 49.8 Å². The fraction of sp³-hybridized carbons (Fsp3) is 0.857. The average Bonchev–Trinajstić information content (AvgIpc) is 1.87. The monoisotopic (exact) mass is 161 g/mol. The molecular formula is C7H15NO3. The highest BCUT2D eigenvalue weighted by Crippen LogP contribution is 1.94. The summed E-state index contributed by atoms with van der Waals surface area (Å²) < 4.78 is 4.66. The maximum Gasteiger partial charge on any atom is 0.224 e. The molecule has 1 amide bonds. The summed E-state index contributed by atoms with van der Waals surface area (Å²) in [6, 6.07) is 0. The molecule has 0 saturated heterocycles. The van der Waals surface area contributed by atoms with Crippen molar-refractivity contribution in [2.45, 2.75) is 12.5 Å². The molecule has 66 valence electrons. The van der Waals surface area contributed by atoms with Crippen LogP contribution in [-0.2, 0) is 9.53 Å². The number of aliphatic hydroxyl groups excluding tert-OH is 1. The SMILES string of the molecule is COCC(O)CC(=O)N(C)C. The molecule has 0 aromatic rings. The maximum absolute atomic E-state index is 10.9. The van der Waals surface area contributed by atoms with Gasteiger partial charge in [-0.2, -0.15) is 0 Å². The van der Waals surface area contributed by atoms with Crippen molar-refractivity contribution in [2.24, 2.45) is 0 Å². The third-order valence-corrected chi connectivity index (χ3v) is 1.27. The number of amides is 1. The predicted molar refractivity (Wildman–Crippen MR) is 41.2 cm³/mol. The Bertz CT molecular complexity index is 125. The first-order valence-corrected chi connectivity index (χ1v) is 3.45. The molecular weight excluding hydrogens is 146 g/mol. The minimum absolute atomic E-state index is 0.0884. The Morgan fingerprint density at radius 1 is 1.64 bits per heavy atom. The molecule has 1 atom stereocenters. The zero-order valence-electron chi connectivity index (χ0n) is 7.20. The highest BCUT2D eigenvalue weighted by Gasteiger charge is 2.11. The molecule has 0 aliphatic rings. The minimum Gasteiger partial charge on any atom is -0.390 e. The highest BCUT2D eigenvalue weighted by atomic mass is 16.5. The molecule has 0 heterocycles. The fourth-order valence-corrected chi connectivity index (χ4v) is 0.635. The van der Waals surface area contributed by atoms with Crippen molar-refractivity contribution in [3.8, 4) is 0 Å². The van der Waals surface area contributed by atoms with Gasteiger partial charge in [-0.15, -0.1) is 0 Å². The summed E-state index contributed by atoms with van der Waals surface area (Å²) >= 11 is 0. The van der Waals surface area contributed by atoms with Gasteiger partial charge in [0, 0.05) is 21.2 Å². The summed E-state index contributed by atoms with van der Waals surface area (Å²) in [7, 11) is 4.80. The molecule has 0 radical (unpaired) electrons. The van der Waals surface area contributed by atoms with Crippen LogP contribution in [0.5, 0.6) is 0 Å². The van der Waals surface area contributed by atoms with E-state index in [0.717, 1.165) is 0 Å². The summed E-state index contributed by atoms with van der Waals surface area (Å²) in [6.07, 6.45) is -0.559. The lowest BCUT2D eigenvalue weighted by Gasteiger charge is -2.13. The predicted octanol–water partition coefficient (Wildman–Crippen LogP) is -0.528. The van der Waals surface area contributed by atoms with Crippen LogP contribution in [0.15, 0.2) is 0 Å². The zero-order valence-corrected chi connectivity index (χ0v) is 7.20. The second-order valence-corrected chi connectivity index (χ2v) is 2.60. The third-order valence-electron chi connectivity index (χ3n) is 1.27. The zero-order chi connectivity index (χ0) is 8.85. The first kappa shape index (κ1) is 10.4. The largest absolute Gasteiger partial charge is 0.390 e. The number of hydrogen-bond donors (Lipinski definition) is 1. The van der Waals surface area contributed by atoms with Gasteiger partial charge in [0.2, 0.25) is 5.91 Å². The number of carbonyl (C=O) groups is 1. The topological polar surface area (TPSA) is 49.8 Å². The van der Waals surface area contributed by atoms with Gasteiger partial charge in [0.1, 0.15) is 0 Å². The van der Waals surface area contributed by atoms with Crippen molar-refractivity contribution < 1.29 is 14.6 Å². The van der Waals surface area contributed by atoms with Crippen molar-refractivity contribution in [1.29, 1.82) is 0 Å². The van der Waals surface area contributed by atoms with Crippen LogP contribution in [0.2, 0.25) is 0 Å². The van der Waals surface area contributed by atoms with Crippen LogP contribution < -0.4 is 0 Å². The van der Waals surface area contributed by atoms with E-state index in [4.69, 9.17) is 5.11 Å². The normalized spacial score (nSPS) is 12.7. The lowest BCUT2D eigenvalue weighted by molar-refractivity contribution is -0.131. The molecule has 1 unspecified atom stereocenters. The molecule has 0 fully saturated rings. The number of methoxy groups -OCH3 is 1. The second kappa shape index (κ2) is 5.09. The highest BCUT2D eigenvalue weighted by molar-refractivity contribution is 5.75. The van der Waals surface area contributed by atoms with Crippen molar-refractivity contribution in [2.75, 3.05) is 27.8 Å². The molecule has 0 aliphatic carbocycles. The molecule has 0 saturated carbocycles. The summed E-state index contributed by atoms with van der Waals surface area (Å²) in [5.41, 5.74) is 0. The lowest BCUT2D eigenvalue weighted by Crippen LogP contribution is -2.28. The number of nitrogens with zero attached hydrogens (tertiary/aromatic N) is 1. The summed E-state index contributed by atoms with van der Waals surface area (Å²) in [4.78, 5) is 12.4. The second-order valence-electron chi connectivity index (χ2n) is 2.60.